The Balaban J connectivity index is 1.52. The molecule has 1 atom stereocenters. The summed E-state index contributed by atoms with van der Waals surface area (Å²) in [5.41, 5.74) is 0. The van der Waals surface area contributed by atoms with Gasteiger partial charge >= 0.3 is 0 Å². The fourth-order valence-electron chi connectivity index (χ4n) is 1.77. The molecule has 0 spiro atoms. The summed E-state index contributed by atoms with van der Waals surface area (Å²) in [6.45, 7) is 2.16. The van der Waals surface area contributed by atoms with Gasteiger partial charge in [0, 0.05) is 12.6 Å². The van der Waals surface area contributed by atoms with E-state index in [1.54, 1.807) is 0 Å². The molecule has 0 amide bonds. The topological polar surface area (TPSA) is 21.3 Å². The van der Waals surface area contributed by atoms with Crippen molar-refractivity contribution < 1.29 is 4.74 Å². The van der Waals surface area contributed by atoms with Gasteiger partial charge in [0.25, 0.3) is 0 Å². The van der Waals surface area contributed by atoms with Gasteiger partial charge in [-0.25, -0.2) is 0 Å². The van der Waals surface area contributed by atoms with Crippen molar-refractivity contribution in [3.63, 3.8) is 0 Å². The van der Waals surface area contributed by atoms with Crippen molar-refractivity contribution in [1.29, 1.82) is 0 Å². The van der Waals surface area contributed by atoms with Gasteiger partial charge in [0.05, 0.1) is 6.10 Å². The zero-order chi connectivity index (χ0) is 8.23. The fraction of sp³-hybridized carbons (Fsp3) is 1.00. The average molecular weight is 169 g/mol. The molecule has 2 rings (SSSR count). The Morgan fingerprint density at radius 2 is 2.08 bits per heavy atom. The van der Waals surface area contributed by atoms with E-state index in [9.17, 15) is 0 Å². The van der Waals surface area contributed by atoms with Crippen LogP contribution in [-0.4, -0.2) is 25.3 Å². The Morgan fingerprint density at radius 3 is 2.75 bits per heavy atom. The second-order valence-corrected chi connectivity index (χ2v) is 4.01. The van der Waals surface area contributed by atoms with Crippen LogP contribution < -0.4 is 5.32 Å². The van der Waals surface area contributed by atoms with Crippen molar-refractivity contribution in [3.8, 4) is 0 Å². The molecule has 1 N–H and O–H groups in total. The van der Waals surface area contributed by atoms with Crippen molar-refractivity contribution >= 4 is 0 Å². The lowest BCUT2D eigenvalue weighted by atomic mass is 10.1. The molecule has 1 aliphatic carbocycles. The first-order valence-electron chi connectivity index (χ1n) is 5.30. The maximum absolute atomic E-state index is 5.64. The van der Waals surface area contributed by atoms with Crippen LogP contribution in [0.5, 0.6) is 0 Å². The van der Waals surface area contributed by atoms with Crippen LogP contribution in [0.25, 0.3) is 0 Å². The predicted octanol–water partition coefficient (Wildman–Crippen LogP) is 1.70. The van der Waals surface area contributed by atoms with E-state index in [0.717, 1.165) is 19.2 Å². The van der Waals surface area contributed by atoms with Crippen LogP contribution in [-0.2, 0) is 4.74 Å². The lowest BCUT2D eigenvalue weighted by Gasteiger charge is -2.22. The summed E-state index contributed by atoms with van der Waals surface area (Å²) < 4.78 is 5.64. The van der Waals surface area contributed by atoms with Gasteiger partial charge in [-0.3, -0.25) is 0 Å². The molecule has 2 fully saturated rings. The van der Waals surface area contributed by atoms with Crippen LogP contribution in [0.1, 0.15) is 38.5 Å². The highest BCUT2D eigenvalue weighted by Crippen LogP contribution is 2.19. The summed E-state index contributed by atoms with van der Waals surface area (Å²) >= 11 is 0. The van der Waals surface area contributed by atoms with Gasteiger partial charge in [-0.15, -0.1) is 0 Å². The van der Waals surface area contributed by atoms with Gasteiger partial charge in [-0.2, -0.15) is 0 Å². The van der Waals surface area contributed by atoms with E-state index in [0.29, 0.717) is 6.10 Å². The van der Waals surface area contributed by atoms with Crippen molar-refractivity contribution in [2.75, 3.05) is 13.2 Å². The maximum atomic E-state index is 5.64. The van der Waals surface area contributed by atoms with E-state index >= 15 is 0 Å². The Labute approximate surface area is 74.7 Å². The van der Waals surface area contributed by atoms with Crippen LogP contribution in [0.4, 0.5) is 0 Å². The highest BCUT2D eigenvalue weighted by Gasteiger charge is 2.21. The minimum absolute atomic E-state index is 0.560. The summed E-state index contributed by atoms with van der Waals surface area (Å²) in [5, 5.41) is 3.52. The van der Waals surface area contributed by atoms with Crippen LogP contribution in [0.2, 0.25) is 0 Å². The maximum Gasteiger partial charge on any atom is 0.0587 e. The van der Waals surface area contributed by atoms with Crippen molar-refractivity contribution in [1.82, 2.24) is 5.32 Å². The van der Waals surface area contributed by atoms with Crippen LogP contribution >= 0.6 is 0 Å². The molecule has 1 aliphatic heterocycles. The van der Waals surface area contributed by atoms with Crippen LogP contribution in [0.15, 0.2) is 0 Å². The summed E-state index contributed by atoms with van der Waals surface area (Å²) in [4.78, 5) is 0. The van der Waals surface area contributed by atoms with Crippen LogP contribution in [0.3, 0.4) is 0 Å². The summed E-state index contributed by atoms with van der Waals surface area (Å²) in [7, 11) is 0. The molecule has 0 radical (unpaired) electrons. The molecule has 0 aromatic heterocycles. The minimum atomic E-state index is 0.560. The number of hydrogen-bond donors (Lipinski definition) is 1. The van der Waals surface area contributed by atoms with Crippen molar-refractivity contribution in [2.24, 2.45) is 0 Å². The summed E-state index contributed by atoms with van der Waals surface area (Å²) in [5.74, 6) is 0. The third-order valence-electron chi connectivity index (χ3n) is 2.75. The van der Waals surface area contributed by atoms with E-state index in [1.807, 2.05) is 0 Å². The third kappa shape index (κ3) is 2.76. The normalized spacial score (nSPS) is 30.5. The number of hydrogen-bond acceptors (Lipinski definition) is 2. The Kier molecular flexibility index (Phi) is 3.01. The second kappa shape index (κ2) is 4.24. The summed E-state index contributed by atoms with van der Waals surface area (Å²) in [6, 6.07) is 0.855. The molecule has 1 saturated carbocycles. The summed E-state index contributed by atoms with van der Waals surface area (Å²) in [6.07, 6.45) is 8.49. The Morgan fingerprint density at radius 1 is 1.17 bits per heavy atom. The predicted molar refractivity (Wildman–Crippen MR) is 49.2 cm³/mol. The quantitative estimate of drug-likeness (QED) is 0.691. The van der Waals surface area contributed by atoms with Crippen molar-refractivity contribution in [2.45, 2.75) is 50.7 Å². The molecular formula is C10H19NO. The lowest BCUT2D eigenvalue weighted by molar-refractivity contribution is 0.0115. The standard InChI is InChI=1S/C10H19NO/c1-2-8-12-10(3-1)6-7-11-9-4-5-9/h9-11H,1-8H2. The fourth-order valence-corrected chi connectivity index (χ4v) is 1.77. The zero-order valence-electron chi connectivity index (χ0n) is 7.72. The minimum Gasteiger partial charge on any atom is -0.378 e. The average Bonchev–Trinajstić information content (AvgIpc) is 2.90. The number of ether oxygens (including phenoxy) is 1. The van der Waals surface area contributed by atoms with E-state index in [4.69, 9.17) is 4.74 Å². The van der Waals surface area contributed by atoms with Gasteiger partial charge in [0.15, 0.2) is 0 Å². The molecule has 2 heteroatoms. The first-order chi connectivity index (χ1) is 5.95. The molecule has 2 aliphatic rings. The van der Waals surface area contributed by atoms with Gasteiger partial charge in [0.2, 0.25) is 0 Å². The smallest absolute Gasteiger partial charge is 0.0587 e. The van der Waals surface area contributed by atoms with Gasteiger partial charge < -0.3 is 10.1 Å². The third-order valence-corrected chi connectivity index (χ3v) is 2.75. The molecule has 2 nitrogen and oxygen atoms in total. The molecule has 1 saturated heterocycles. The highest BCUT2D eigenvalue weighted by atomic mass is 16.5. The number of rotatable bonds is 4. The highest BCUT2D eigenvalue weighted by molar-refractivity contribution is 4.81. The zero-order valence-corrected chi connectivity index (χ0v) is 7.72. The van der Waals surface area contributed by atoms with Crippen molar-refractivity contribution in [3.05, 3.63) is 0 Å². The SMILES string of the molecule is C1CCC(CCNC2CC2)OC1. The second-order valence-electron chi connectivity index (χ2n) is 4.01. The molecule has 12 heavy (non-hydrogen) atoms. The molecule has 1 unspecified atom stereocenters. The Hall–Kier alpha value is -0.0800. The first kappa shape index (κ1) is 8.52. The van der Waals surface area contributed by atoms with Gasteiger partial charge in [-0.1, -0.05) is 0 Å². The molecule has 0 aromatic carbocycles. The van der Waals surface area contributed by atoms with Crippen LogP contribution in [0, 0.1) is 0 Å². The van der Waals surface area contributed by atoms with E-state index in [-0.39, 0.29) is 0 Å². The molecule has 0 aromatic rings. The van der Waals surface area contributed by atoms with E-state index < -0.39 is 0 Å². The monoisotopic (exact) mass is 169 g/mol. The largest absolute Gasteiger partial charge is 0.378 e. The molecule has 1 heterocycles. The van der Waals surface area contributed by atoms with E-state index in [2.05, 4.69) is 5.32 Å². The molecule has 0 bridgehead atoms. The van der Waals surface area contributed by atoms with E-state index in [1.165, 1.54) is 38.5 Å². The molecule has 70 valence electrons. The molecular weight excluding hydrogens is 150 g/mol. The lowest BCUT2D eigenvalue weighted by Crippen LogP contribution is -2.26. The number of nitrogens with one attached hydrogen (secondary N) is 1. The van der Waals surface area contributed by atoms with Gasteiger partial charge in [0.1, 0.15) is 0 Å². The first-order valence-corrected chi connectivity index (χ1v) is 5.30. The van der Waals surface area contributed by atoms with Gasteiger partial charge in [-0.05, 0) is 45.1 Å². The Bertz CT molecular complexity index is 128.